The molecule has 1 aromatic rings. The van der Waals surface area contributed by atoms with Gasteiger partial charge in [-0.2, -0.15) is 0 Å². The Bertz CT molecular complexity index is 885. The van der Waals surface area contributed by atoms with Gasteiger partial charge < -0.3 is 4.74 Å². The Labute approximate surface area is 165 Å². The van der Waals surface area contributed by atoms with Gasteiger partial charge in [0.05, 0.1) is 24.5 Å². The number of amides is 4. The highest BCUT2D eigenvalue weighted by atomic mass is 35.5. The number of fused-ring (bicyclic) bond motifs is 5. The van der Waals surface area contributed by atoms with E-state index in [-0.39, 0.29) is 46.8 Å². The van der Waals surface area contributed by atoms with Crippen molar-refractivity contribution in [1.82, 2.24) is 15.8 Å². The first kappa shape index (κ1) is 18.5. The van der Waals surface area contributed by atoms with E-state index in [9.17, 15) is 19.2 Å². The molecule has 9 heteroatoms. The zero-order chi connectivity index (χ0) is 20.0. The quantitative estimate of drug-likeness (QED) is 0.442. The highest BCUT2D eigenvalue weighted by Gasteiger charge is 2.59. The van der Waals surface area contributed by atoms with E-state index >= 15 is 0 Å². The van der Waals surface area contributed by atoms with Crippen molar-refractivity contribution in [2.24, 2.45) is 23.7 Å². The van der Waals surface area contributed by atoms with Crippen LogP contribution in [0, 0.1) is 23.7 Å². The topological polar surface area (TPSA) is 105 Å². The number of carbonyl (C=O) groups excluding carboxylic acids is 4. The summed E-state index contributed by atoms with van der Waals surface area (Å²) in [7, 11) is 1.40. The lowest BCUT2D eigenvalue weighted by molar-refractivity contribution is -0.144. The summed E-state index contributed by atoms with van der Waals surface area (Å²) in [5.74, 6) is -2.21. The van der Waals surface area contributed by atoms with E-state index < -0.39 is 18.4 Å². The summed E-state index contributed by atoms with van der Waals surface area (Å²) in [6.07, 6.45) is 4.79. The molecule has 0 spiro atoms. The zero-order valence-corrected chi connectivity index (χ0v) is 15.7. The minimum absolute atomic E-state index is 0.0782. The van der Waals surface area contributed by atoms with Gasteiger partial charge >= 0.3 is 0 Å². The lowest BCUT2D eigenvalue weighted by atomic mass is 9.85. The Balaban J connectivity index is 1.37. The highest BCUT2D eigenvalue weighted by Crippen LogP contribution is 2.52. The van der Waals surface area contributed by atoms with Gasteiger partial charge in [0.15, 0.2) is 0 Å². The van der Waals surface area contributed by atoms with E-state index in [1.165, 1.54) is 19.2 Å². The van der Waals surface area contributed by atoms with Gasteiger partial charge in [-0.25, -0.2) is 0 Å². The van der Waals surface area contributed by atoms with E-state index in [1.807, 2.05) is 12.2 Å². The number of ether oxygens (including phenoxy) is 1. The highest BCUT2D eigenvalue weighted by molar-refractivity contribution is 6.31. The number of hydrogen-bond acceptors (Lipinski definition) is 5. The minimum Gasteiger partial charge on any atom is -0.496 e. The Morgan fingerprint density at radius 3 is 2.39 bits per heavy atom. The van der Waals surface area contributed by atoms with Crippen LogP contribution in [0.2, 0.25) is 5.02 Å². The number of imide groups is 1. The first-order valence-electron chi connectivity index (χ1n) is 8.87. The molecule has 1 aromatic carbocycles. The van der Waals surface area contributed by atoms with E-state index in [0.717, 1.165) is 11.3 Å². The first-order valence-corrected chi connectivity index (χ1v) is 9.24. The standard InChI is InChI=1S/C19H18ClN3O5/c1-28-13-5-4-11(20)7-12(13)17(25)22-21-14(24)8-23-18(26)15-9-2-3-10(6-9)16(15)19(23)27/h2-5,7,9-10,15-16H,6,8H2,1H3,(H,21,24)(H,22,25)/t9-,10-,15-,16+/m1/s1. The molecule has 0 aromatic heterocycles. The van der Waals surface area contributed by atoms with Gasteiger partial charge in [-0.1, -0.05) is 23.8 Å². The fourth-order valence-electron chi connectivity index (χ4n) is 4.35. The maximum Gasteiger partial charge on any atom is 0.273 e. The average Bonchev–Trinajstić information content (AvgIpc) is 3.36. The second-order valence-corrected chi connectivity index (χ2v) is 7.55. The SMILES string of the molecule is COc1ccc(Cl)cc1C(=O)NNC(=O)CN1C(=O)[C@@H]2[C@H](C1=O)[C@@H]1C=C[C@@H]2C1. The molecule has 4 amide bonds. The molecule has 1 heterocycles. The smallest absolute Gasteiger partial charge is 0.273 e. The molecule has 1 aliphatic heterocycles. The Morgan fingerprint density at radius 2 is 1.79 bits per heavy atom. The van der Waals surface area contributed by atoms with Crippen LogP contribution in [0.4, 0.5) is 0 Å². The number of likely N-dealkylation sites (tertiary alicyclic amines) is 1. The molecule has 2 bridgehead atoms. The Morgan fingerprint density at radius 1 is 1.14 bits per heavy atom. The van der Waals surface area contributed by atoms with Crippen LogP contribution in [-0.4, -0.2) is 42.2 Å². The normalized spacial score (nSPS) is 27.1. The van der Waals surface area contributed by atoms with Crippen molar-refractivity contribution in [2.45, 2.75) is 6.42 Å². The maximum absolute atomic E-state index is 12.6. The van der Waals surface area contributed by atoms with Gasteiger partial charge in [-0.15, -0.1) is 0 Å². The summed E-state index contributed by atoms with van der Waals surface area (Å²) in [6, 6.07) is 4.50. The largest absolute Gasteiger partial charge is 0.496 e. The third kappa shape index (κ3) is 2.93. The number of methoxy groups -OCH3 is 1. The number of benzene rings is 1. The molecule has 8 nitrogen and oxygen atoms in total. The number of nitrogens with zero attached hydrogens (tertiary/aromatic N) is 1. The van der Waals surface area contributed by atoms with Crippen LogP contribution in [0.1, 0.15) is 16.8 Å². The van der Waals surface area contributed by atoms with E-state index in [0.29, 0.717) is 5.02 Å². The van der Waals surface area contributed by atoms with Crippen LogP contribution in [0.3, 0.4) is 0 Å². The van der Waals surface area contributed by atoms with Crippen LogP contribution >= 0.6 is 11.6 Å². The van der Waals surface area contributed by atoms with E-state index in [2.05, 4.69) is 10.9 Å². The lowest BCUT2D eigenvalue weighted by Crippen LogP contribution is -2.48. The molecule has 0 unspecified atom stereocenters. The molecule has 4 rings (SSSR count). The minimum atomic E-state index is -0.670. The zero-order valence-electron chi connectivity index (χ0n) is 15.0. The monoisotopic (exact) mass is 403 g/mol. The fraction of sp³-hybridized carbons (Fsp3) is 0.368. The second-order valence-electron chi connectivity index (χ2n) is 7.11. The fourth-order valence-corrected chi connectivity index (χ4v) is 4.53. The van der Waals surface area contributed by atoms with E-state index in [4.69, 9.17) is 16.3 Å². The summed E-state index contributed by atoms with van der Waals surface area (Å²) >= 11 is 5.89. The molecular weight excluding hydrogens is 386 g/mol. The van der Waals surface area contributed by atoms with Crippen molar-refractivity contribution in [1.29, 1.82) is 0 Å². The van der Waals surface area contributed by atoms with Crippen molar-refractivity contribution in [3.05, 3.63) is 40.9 Å². The van der Waals surface area contributed by atoms with Crippen molar-refractivity contribution >= 4 is 35.2 Å². The van der Waals surface area contributed by atoms with Crippen molar-refractivity contribution < 1.29 is 23.9 Å². The molecule has 2 N–H and O–H groups in total. The van der Waals surface area contributed by atoms with Crippen molar-refractivity contribution in [2.75, 3.05) is 13.7 Å². The summed E-state index contributed by atoms with van der Waals surface area (Å²) in [4.78, 5) is 50.6. The van der Waals surface area contributed by atoms with Crippen LogP contribution in [0.5, 0.6) is 5.75 Å². The van der Waals surface area contributed by atoms with E-state index in [1.54, 1.807) is 6.07 Å². The molecule has 1 saturated carbocycles. The van der Waals surface area contributed by atoms with Crippen LogP contribution < -0.4 is 15.6 Å². The summed E-state index contributed by atoms with van der Waals surface area (Å²) < 4.78 is 5.10. The Kier molecular flexibility index (Phi) is 4.58. The third-order valence-electron chi connectivity index (χ3n) is 5.58. The predicted octanol–water partition coefficient (Wildman–Crippen LogP) is 0.917. The maximum atomic E-state index is 12.6. The number of nitrogens with one attached hydrogen (secondary N) is 2. The molecule has 1 saturated heterocycles. The van der Waals surface area contributed by atoms with Gasteiger partial charge in [0.2, 0.25) is 11.8 Å². The summed E-state index contributed by atoms with van der Waals surface area (Å²) in [5, 5.41) is 0.334. The first-order chi connectivity index (χ1) is 13.4. The van der Waals surface area contributed by atoms with Crippen molar-refractivity contribution in [3.63, 3.8) is 0 Å². The van der Waals surface area contributed by atoms with Crippen molar-refractivity contribution in [3.8, 4) is 5.75 Å². The number of halogens is 1. The molecular formula is C19H18ClN3O5. The molecule has 3 aliphatic rings. The number of allylic oxidation sites excluding steroid dienone is 2. The van der Waals surface area contributed by atoms with Crippen LogP contribution in [0.15, 0.2) is 30.4 Å². The number of hydrazine groups is 1. The van der Waals surface area contributed by atoms with Gasteiger partial charge in [0.1, 0.15) is 12.3 Å². The number of hydrogen-bond donors (Lipinski definition) is 2. The van der Waals surface area contributed by atoms with Crippen LogP contribution in [0.25, 0.3) is 0 Å². The van der Waals surface area contributed by atoms with Gasteiger partial charge in [-0.05, 0) is 36.5 Å². The predicted molar refractivity (Wildman–Crippen MR) is 98.0 cm³/mol. The third-order valence-corrected chi connectivity index (χ3v) is 5.82. The van der Waals surface area contributed by atoms with Gasteiger partial charge in [0.25, 0.3) is 11.8 Å². The summed E-state index contributed by atoms with van der Waals surface area (Å²) in [6.45, 7) is -0.433. The number of rotatable bonds is 4. The van der Waals surface area contributed by atoms with Gasteiger partial charge in [0, 0.05) is 5.02 Å². The Hall–Kier alpha value is -2.87. The second kappa shape index (κ2) is 6.94. The van der Waals surface area contributed by atoms with Gasteiger partial charge in [-0.3, -0.25) is 34.9 Å². The lowest BCUT2D eigenvalue weighted by Gasteiger charge is -2.17. The molecule has 28 heavy (non-hydrogen) atoms. The molecule has 146 valence electrons. The van der Waals surface area contributed by atoms with Crippen LogP contribution in [-0.2, 0) is 14.4 Å². The average molecular weight is 404 g/mol. The summed E-state index contributed by atoms with van der Waals surface area (Å²) in [5.41, 5.74) is 4.61. The molecule has 0 radical (unpaired) electrons. The molecule has 2 fully saturated rings. The molecule has 2 aliphatic carbocycles. The number of carbonyl (C=O) groups is 4. The molecule has 4 atom stereocenters.